The van der Waals surface area contributed by atoms with Crippen molar-refractivity contribution in [1.29, 1.82) is 0 Å². The number of alkyl halides is 2. The molecule has 3 N–H and O–H groups in total. The Bertz CT molecular complexity index is 2790. The molecule has 0 radical (unpaired) electrons. The molecule has 332 valence electrons. The van der Waals surface area contributed by atoms with Crippen molar-refractivity contribution in [3.05, 3.63) is 136 Å². The number of benzene rings is 4. The van der Waals surface area contributed by atoms with Gasteiger partial charge in [-0.25, -0.2) is 26.9 Å². The lowest BCUT2D eigenvalue weighted by Crippen LogP contribution is -2.31. The number of aromatic nitrogens is 2. The molecule has 1 atom stereocenters. The third-order valence-electron chi connectivity index (χ3n) is 12.8. The molecule has 0 unspecified atom stereocenters. The standard InChI is InChI=1S/C48H48F2N6O7S/c49-48(50)20-15-33(16-21-48)39-4-1-2-5-40(39)43-6-3-23-55(43)36-10-7-32(8-11-36)34-9-13-41(45(27-34)63-37-26-35-17-22-51-46(35)53-30-37)47(57)54-64(60,61)38-12-14-42(44(28-38)56(58)59)52-29-31-18-24-62-25-19-31/h1-2,4-5,7-14,17,22,26-28,30-31,33,43,52H,3,6,15-16,18-21,23-25,29H2,(H,51,53)(H,54,57)/t43-/m1/s1. The van der Waals surface area contributed by atoms with Crippen LogP contribution in [-0.2, 0) is 14.8 Å². The summed E-state index contributed by atoms with van der Waals surface area (Å²) in [6.07, 6.45) is 7.54. The number of hydrogen-bond donors (Lipinski definition) is 3. The number of pyridine rings is 1. The number of hydrogen-bond acceptors (Lipinski definition) is 10. The van der Waals surface area contributed by atoms with Crippen LogP contribution >= 0.6 is 0 Å². The van der Waals surface area contributed by atoms with E-state index in [0.717, 1.165) is 60.5 Å². The smallest absolute Gasteiger partial charge is 0.293 e. The summed E-state index contributed by atoms with van der Waals surface area (Å²) in [5, 5.41) is 15.9. The molecule has 0 spiro atoms. The zero-order chi connectivity index (χ0) is 44.4. The Kier molecular flexibility index (Phi) is 12.1. The molecule has 2 saturated heterocycles. The molecule has 16 heteroatoms. The van der Waals surface area contributed by atoms with E-state index in [1.807, 2.05) is 42.5 Å². The number of nitro groups is 1. The average Bonchev–Trinajstić information content (AvgIpc) is 3.99. The van der Waals surface area contributed by atoms with Crippen LogP contribution < -0.4 is 19.7 Å². The van der Waals surface area contributed by atoms with Gasteiger partial charge in [0.25, 0.3) is 21.6 Å². The molecule has 4 heterocycles. The number of aromatic amines is 1. The van der Waals surface area contributed by atoms with E-state index < -0.39 is 37.4 Å². The molecule has 1 saturated carbocycles. The third-order valence-corrected chi connectivity index (χ3v) is 14.1. The highest BCUT2D eigenvalue weighted by Crippen LogP contribution is 2.46. The van der Waals surface area contributed by atoms with Crippen LogP contribution in [0.2, 0.25) is 0 Å². The van der Waals surface area contributed by atoms with Crippen molar-refractivity contribution >= 4 is 44.0 Å². The predicted octanol–water partition coefficient (Wildman–Crippen LogP) is 10.5. The summed E-state index contributed by atoms with van der Waals surface area (Å²) in [5.74, 6) is -2.87. The Labute approximate surface area is 369 Å². The minimum Gasteiger partial charge on any atom is -0.455 e. The van der Waals surface area contributed by atoms with E-state index in [2.05, 4.69) is 37.0 Å². The van der Waals surface area contributed by atoms with Crippen LogP contribution in [0.5, 0.6) is 11.5 Å². The SMILES string of the molecule is O=C(NS(=O)(=O)c1ccc(NCC2CCOCC2)c([N+](=O)[O-])c1)c1ccc(-c2ccc(N3CCC[C@@H]3c3ccccc3C3CCC(F)(F)CC3)cc2)cc1Oc1cnc2[nH]ccc2c1. The zero-order valence-electron chi connectivity index (χ0n) is 35.0. The van der Waals surface area contributed by atoms with E-state index >= 15 is 0 Å². The quantitative estimate of drug-likeness (QED) is 0.0749. The molecule has 13 nitrogen and oxygen atoms in total. The number of rotatable bonds is 13. The molecular formula is C48H48F2N6O7S. The van der Waals surface area contributed by atoms with E-state index in [1.54, 1.807) is 24.4 Å². The number of halogens is 2. The summed E-state index contributed by atoms with van der Waals surface area (Å²) >= 11 is 0. The van der Waals surface area contributed by atoms with Crippen molar-refractivity contribution < 1.29 is 36.4 Å². The number of nitro benzene ring substituents is 1. The number of carbonyl (C=O) groups excluding carboxylic acids is 1. The van der Waals surface area contributed by atoms with Crippen LogP contribution in [-0.4, -0.2) is 61.4 Å². The molecule has 0 bridgehead atoms. The van der Waals surface area contributed by atoms with E-state index in [9.17, 15) is 32.1 Å². The lowest BCUT2D eigenvalue weighted by Gasteiger charge is -2.33. The van der Waals surface area contributed by atoms with E-state index in [1.165, 1.54) is 30.0 Å². The van der Waals surface area contributed by atoms with Crippen LogP contribution in [0.15, 0.2) is 114 Å². The summed E-state index contributed by atoms with van der Waals surface area (Å²) in [4.78, 5) is 34.7. The number of fused-ring (bicyclic) bond motifs is 1. The minimum absolute atomic E-state index is 0.0568. The Morgan fingerprint density at radius 2 is 1.67 bits per heavy atom. The van der Waals surface area contributed by atoms with E-state index in [-0.39, 0.29) is 47.7 Å². The van der Waals surface area contributed by atoms with Gasteiger partial charge in [0.05, 0.1) is 27.6 Å². The highest BCUT2D eigenvalue weighted by Gasteiger charge is 2.37. The lowest BCUT2D eigenvalue weighted by molar-refractivity contribution is -0.384. The number of nitrogens with zero attached hydrogens (tertiary/aromatic N) is 3. The maximum atomic E-state index is 14.1. The summed E-state index contributed by atoms with van der Waals surface area (Å²) < 4.78 is 69.3. The minimum atomic E-state index is -4.60. The first-order valence-electron chi connectivity index (χ1n) is 21.7. The molecule has 9 rings (SSSR count). The monoisotopic (exact) mass is 890 g/mol. The van der Waals surface area contributed by atoms with Gasteiger partial charge in [-0.15, -0.1) is 0 Å². The fraction of sp³-hybridized carbons (Fsp3) is 0.333. The van der Waals surface area contributed by atoms with Gasteiger partial charge in [0.1, 0.15) is 22.8 Å². The Balaban J connectivity index is 0.968. The molecular weight excluding hydrogens is 843 g/mol. The van der Waals surface area contributed by atoms with Gasteiger partial charge in [0, 0.05) is 62.5 Å². The van der Waals surface area contributed by atoms with Crippen LogP contribution in [0.25, 0.3) is 22.2 Å². The summed E-state index contributed by atoms with van der Waals surface area (Å²) in [6, 6.07) is 28.3. The summed E-state index contributed by atoms with van der Waals surface area (Å²) in [7, 11) is -4.60. The highest BCUT2D eigenvalue weighted by atomic mass is 32.2. The highest BCUT2D eigenvalue weighted by molar-refractivity contribution is 7.90. The van der Waals surface area contributed by atoms with Gasteiger partial charge >= 0.3 is 0 Å². The molecule has 1 amide bonds. The lowest BCUT2D eigenvalue weighted by atomic mass is 9.79. The zero-order valence-corrected chi connectivity index (χ0v) is 35.8. The second kappa shape index (κ2) is 18.0. The number of amides is 1. The molecule has 6 aromatic rings. The normalized spacial score (nSPS) is 18.2. The third kappa shape index (κ3) is 9.29. The van der Waals surface area contributed by atoms with Crippen molar-refractivity contribution in [2.24, 2.45) is 5.92 Å². The second-order valence-electron chi connectivity index (χ2n) is 16.9. The largest absolute Gasteiger partial charge is 0.455 e. The first-order valence-corrected chi connectivity index (χ1v) is 23.2. The second-order valence-corrected chi connectivity index (χ2v) is 18.5. The van der Waals surface area contributed by atoms with Crippen LogP contribution in [0, 0.1) is 16.0 Å². The number of H-pyrrole nitrogens is 1. The number of carbonyl (C=O) groups is 1. The van der Waals surface area contributed by atoms with E-state index in [0.29, 0.717) is 49.6 Å². The van der Waals surface area contributed by atoms with Crippen LogP contribution in [0.1, 0.15) is 84.8 Å². The van der Waals surface area contributed by atoms with Gasteiger partial charge in [-0.1, -0.05) is 42.5 Å². The van der Waals surface area contributed by atoms with Crippen molar-refractivity contribution in [2.75, 3.05) is 36.5 Å². The average molecular weight is 891 g/mol. The number of nitrogens with one attached hydrogen (secondary N) is 3. The fourth-order valence-corrected chi connectivity index (χ4v) is 10.3. The number of anilines is 2. The van der Waals surface area contributed by atoms with Crippen molar-refractivity contribution in [1.82, 2.24) is 14.7 Å². The Morgan fingerprint density at radius 3 is 2.44 bits per heavy atom. The summed E-state index contributed by atoms with van der Waals surface area (Å²) in [5.41, 5.74) is 5.14. The molecule has 2 aromatic heterocycles. The number of ether oxygens (including phenoxy) is 2. The maximum Gasteiger partial charge on any atom is 0.293 e. The van der Waals surface area contributed by atoms with Gasteiger partial charge in [0.15, 0.2) is 0 Å². The Hall–Kier alpha value is -6.39. The van der Waals surface area contributed by atoms with Crippen molar-refractivity contribution in [3.8, 4) is 22.6 Å². The van der Waals surface area contributed by atoms with E-state index in [4.69, 9.17) is 9.47 Å². The topological polar surface area (TPSA) is 169 Å². The molecule has 2 aliphatic heterocycles. The van der Waals surface area contributed by atoms with Gasteiger partial charge in [-0.05, 0) is 121 Å². The molecule has 3 fully saturated rings. The van der Waals surface area contributed by atoms with Gasteiger partial charge in [-0.2, -0.15) is 0 Å². The van der Waals surface area contributed by atoms with Crippen molar-refractivity contribution in [3.63, 3.8) is 0 Å². The first-order chi connectivity index (χ1) is 30.9. The molecule has 1 aliphatic carbocycles. The van der Waals surface area contributed by atoms with Gasteiger partial charge in [0.2, 0.25) is 5.92 Å². The molecule has 3 aliphatic rings. The fourth-order valence-electron chi connectivity index (χ4n) is 9.28. The van der Waals surface area contributed by atoms with Crippen molar-refractivity contribution in [2.45, 2.75) is 74.1 Å². The van der Waals surface area contributed by atoms with Gasteiger partial charge in [-0.3, -0.25) is 14.9 Å². The molecule has 64 heavy (non-hydrogen) atoms. The molecule has 4 aromatic carbocycles. The predicted molar refractivity (Wildman–Crippen MR) is 240 cm³/mol. The first kappa shape index (κ1) is 42.9. The summed E-state index contributed by atoms with van der Waals surface area (Å²) in [6.45, 7) is 2.53. The van der Waals surface area contributed by atoms with Crippen LogP contribution in [0.4, 0.5) is 25.8 Å². The maximum absolute atomic E-state index is 14.1. The number of sulfonamides is 1. The van der Waals surface area contributed by atoms with Gasteiger partial charge < -0.3 is 24.7 Å². The Morgan fingerprint density at radius 1 is 0.922 bits per heavy atom. The van der Waals surface area contributed by atoms with Crippen LogP contribution in [0.3, 0.4) is 0 Å².